The first-order valence-corrected chi connectivity index (χ1v) is 52.8. The highest BCUT2D eigenvalue weighted by Crippen LogP contribution is 2.51. The molecule has 20 heteroatoms. The molecular formula is C80H135IO14SSi4. The molecule has 7 rings (SSSR count). The van der Waals surface area contributed by atoms with Gasteiger partial charge in [0.15, 0.2) is 48.9 Å². The molecule has 0 spiro atoms. The van der Waals surface area contributed by atoms with E-state index in [2.05, 4.69) is 192 Å². The lowest BCUT2D eigenvalue weighted by Crippen LogP contribution is -2.69. The van der Waals surface area contributed by atoms with Gasteiger partial charge in [0.05, 0.1) is 59.3 Å². The van der Waals surface area contributed by atoms with Crippen LogP contribution in [0.5, 0.6) is 0 Å². The molecule has 0 aromatic heterocycles. The van der Waals surface area contributed by atoms with Crippen molar-refractivity contribution in [2.75, 3.05) is 11.0 Å². The van der Waals surface area contributed by atoms with E-state index in [1.165, 1.54) is 5.57 Å². The quantitative estimate of drug-likeness (QED) is 0.0214. The number of ketones is 1. The molecule has 5 aliphatic heterocycles. The predicted octanol–water partition coefficient (Wildman–Crippen LogP) is 19.8. The molecule has 19 atom stereocenters. The van der Waals surface area contributed by atoms with Gasteiger partial charge in [0.1, 0.15) is 41.4 Å². The van der Waals surface area contributed by atoms with Crippen LogP contribution in [-0.2, 0) is 60.8 Å². The maximum atomic E-state index is 16.1. The van der Waals surface area contributed by atoms with E-state index in [-0.39, 0.29) is 62.5 Å². The second-order valence-electron chi connectivity index (χ2n) is 35.4. The van der Waals surface area contributed by atoms with Crippen molar-refractivity contribution in [3.05, 3.63) is 90.5 Å². The summed E-state index contributed by atoms with van der Waals surface area (Å²) >= 11 is 2.48. The Hall–Kier alpha value is -1.75. The van der Waals surface area contributed by atoms with Gasteiger partial charge in [-0.3, -0.25) is 4.79 Å². The Morgan fingerprint density at radius 1 is 0.710 bits per heavy atom. The number of ether oxygens (including phenoxy) is 6. The van der Waals surface area contributed by atoms with Crippen LogP contribution in [-0.4, -0.2) is 155 Å². The smallest absolute Gasteiger partial charge is 0.338 e. The number of benzene rings is 2. The number of Topliss-reactive ketones (excluding diaryl/α,β-unsaturated/α-hetero) is 1. The SMILES string of the molecule is C=C(C)[C@H](C)C[C@H]1CC[C@@H]2OC(CCC(/C=C/[C@H](O[Si](C)(C)C(C)(C)C)[C@@H]3O[C@H]4CCC(CC(=O)C([C@@H]5[C@@H](C)[C@@H](C[C@H](C)CC)O[C@H]5CCO[Si](CC)(CC)CC)S(=O)(=O)c5ccccc5)O[C@@H]4[C@H](O[Si](C)(C)C(C)(C)C)[C@@H]3O[Si](C)(C)C(C)(C)C)OC(=O)c3ccccc3)C[C@]2(CI)O1. The summed E-state index contributed by atoms with van der Waals surface area (Å²) in [6.45, 7) is 56.0. The maximum Gasteiger partial charge on any atom is 0.338 e. The Labute approximate surface area is 624 Å². The zero-order valence-corrected chi connectivity index (χ0v) is 73.0. The average Bonchev–Trinajstić information content (AvgIpc) is 0.855. The molecule has 5 saturated heterocycles. The topological polar surface area (TPSA) is 161 Å². The van der Waals surface area contributed by atoms with Gasteiger partial charge in [-0.15, -0.1) is 0 Å². The summed E-state index contributed by atoms with van der Waals surface area (Å²) in [5.74, 6) is -0.948. The lowest BCUT2D eigenvalue weighted by atomic mass is 9.80. The average molecular weight is 1590 g/mol. The summed E-state index contributed by atoms with van der Waals surface area (Å²) < 4.78 is 106. The molecule has 0 N–H and O–H groups in total. The van der Waals surface area contributed by atoms with Crippen molar-refractivity contribution in [2.24, 2.45) is 23.7 Å². The number of halogens is 1. The van der Waals surface area contributed by atoms with Gasteiger partial charge in [0.2, 0.25) is 0 Å². The molecule has 2 aromatic rings. The molecule has 568 valence electrons. The third kappa shape index (κ3) is 20.7. The normalized spacial score (nSPS) is 29.7. The number of esters is 1. The van der Waals surface area contributed by atoms with Crippen LogP contribution in [0.25, 0.3) is 0 Å². The fourth-order valence-electron chi connectivity index (χ4n) is 14.9. The van der Waals surface area contributed by atoms with Crippen molar-refractivity contribution < 1.29 is 64.1 Å². The number of hydrogen-bond acceptors (Lipinski definition) is 14. The first-order chi connectivity index (χ1) is 46.5. The van der Waals surface area contributed by atoms with Gasteiger partial charge in [-0.05, 0) is 185 Å². The van der Waals surface area contributed by atoms with Crippen LogP contribution < -0.4 is 0 Å². The molecule has 100 heavy (non-hydrogen) atoms. The van der Waals surface area contributed by atoms with E-state index in [1.807, 2.05) is 30.3 Å². The minimum absolute atomic E-state index is 0.0200. The van der Waals surface area contributed by atoms with Crippen LogP contribution in [0.2, 0.25) is 72.5 Å². The van der Waals surface area contributed by atoms with Gasteiger partial charge in [0.25, 0.3) is 0 Å². The van der Waals surface area contributed by atoms with Crippen LogP contribution >= 0.6 is 22.6 Å². The van der Waals surface area contributed by atoms with E-state index in [1.54, 1.807) is 36.4 Å². The molecule has 5 aliphatic rings. The van der Waals surface area contributed by atoms with Crippen LogP contribution in [0.1, 0.15) is 205 Å². The summed E-state index contributed by atoms with van der Waals surface area (Å²) in [6.07, 6.45) is 5.62. The van der Waals surface area contributed by atoms with Crippen molar-refractivity contribution in [2.45, 2.75) is 362 Å². The Morgan fingerprint density at radius 3 is 1.85 bits per heavy atom. The lowest BCUT2D eigenvalue weighted by Gasteiger charge is -2.56. The number of carbonyl (C=O) groups excluding carboxylic acids is 2. The summed E-state index contributed by atoms with van der Waals surface area (Å²) in [6, 6.07) is 20.7. The molecule has 14 nitrogen and oxygen atoms in total. The first-order valence-electron chi connectivity index (χ1n) is 38.5. The predicted molar refractivity (Wildman–Crippen MR) is 425 cm³/mol. The van der Waals surface area contributed by atoms with Crippen molar-refractivity contribution in [3.8, 4) is 0 Å². The summed E-state index contributed by atoms with van der Waals surface area (Å²) in [5, 5.41) is -2.13. The van der Waals surface area contributed by atoms with E-state index in [0.717, 1.165) is 61.1 Å². The molecule has 4 unspecified atom stereocenters. The van der Waals surface area contributed by atoms with Crippen LogP contribution in [0.15, 0.2) is 89.9 Å². The Bertz CT molecular complexity index is 3080. The fourth-order valence-corrected chi connectivity index (χ4v) is 24.5. The van der Waals surface area contributed by atoms with Gasteiger partial charge >= 0.3 is 5.97 Å². The maximum absolute atomic E-state index is 16.1. The Morgan fingerprint density at radius 2 is 1.29 bits per heavy atom. The van der Waals surface area contributed by atoms with Crippen molar-refractivity contribution >= 4 is 77.5 Å². The molecule has 0 bridgehead atoms. The second-order valence-corrected chi connectivity index (χ2v) is 57.3. The zero-order valence-electron chi connectivity index (χ0n) is 66.1. The second kappa shape index (κ2) is 35.1. The molecule has 0 aliphatic carbocycles. The number of alkyl halides is 1. The van der Waals surface area contributed by atoms with Crippen molar-refractivity contribution in [3.63, 3.8) is 0 Å². The molecular weight excluding hydrogens is 1460 g/mol. The standard InChI is InChI=1S/C80H135IO14SSi4/c1-25-55(7)49-68-57(9)70(65(90-68)47-48-86-100(26-2,27-3)28-4)75(96(84,85)63-37-33-30-34-38-63)64(82)51-60-42-44-66-71(88-60)73(94-98(21,22)78(13,14)15)74(95-99(23,24)79(16,17)18)72(91-66)67(93-97(19,20)77(10,11)12)45-41-59(89-76(83)58-35-31-29-32-36-58)39-40-62-52-80(53-81)69(87-62)46-43-61(92-80)50-56(8)54(5)6/h29-38,41,45,55-57,59-62,65-75H,5,25-28,39-40,42-44,46-53H2,1-4,6-24H3/b45-41+/t55-,56-,57+,59?,60?,61-,62?,65+,66+,67+,68-,69+,70-,71+,72+,73+,74-,75?,80-/m1/s1. The van der Waals surface area contributed by atoms with E-state index in [0.29, 0.717) is 56.1 Å². The monoisotopic (exact) mass is 1590 g/mol. The van der Waals surface area contributed by atoms with Gasteiger partial charge in [-0.1, -0.05) is 194 Å². The highest BCUT2D eigenvalue weighted by molar-refractivity contribution is 14.1. The molecule has 2 aromatic carbocycles. The highest BCUT2D eigenvalue weighted by Gasteiger charge is 2.60. The minimum atomic E-state index is -4.28. The lowest BCUT2D eigenvalue weighted by molar-refractivity contribution is -0.266. The van der Waals surface area contributed by atoms with Gasteiger partial charge in [-0.2, -0.15) is 0 Å². The van der Waals surface area contributed by atoms with Crippen LogP contribution in [0.4, 0.5) is 0 Å². The third-order valence-electron chi connectivity index (χ3n) is 25.3. The highest BCUT2D eigenvalue weighted by atomic mass is 127. The minimum Gasteiger partial charge on any atom is -0.455 e. The van der Waals surface area contributed by atoms with E-state index >= 15 is 13.2 Å². The molecule has 0 amide bonds. The van der Waals surface area contributed by atoms with Crippen LogP contribution in [0, 0.1) is 23.7 Å². The fraction of sp³-hybridized carbons (Fsp3) is 0.775. The summed E-state index contributed by atoms with van der Waals surface area (Å²) in [4.78, 5) is 30.6. The Kier molecular flexibility index (Phi) is 30.0. The van der Waals surface area contributed by atoms with Crippen LogP contribution in [0.3, 0.4) is 0 Å². The Balaban J connectivity index is 1.30. The van der Waals surface area contributed by atoms with Gasteiger partial charge in [0, 0.05) is 29.8 Å². The van der Waals surface area contributed by atoms with E-state index in [4.69, 9.17) is 46.1 Å². The molecule has 5 fully saturated rings. The number of sulfone groups is 1. The number of rotatable bonds is 34. The van der Waals surface area contributed by atoms with E-state index < -0.39 is 121 Å². The van der Waals surface area contributed by atoms with Crippen molar-refractivity contribution in [1.82, 2.24) is 0 Å². The molecule has 5 heterocycles. The molecule has 0 radical (unpaired) electrons. The zero-order chi connectivity index (χ0) is 74.4. The van der Waals surface area contributed by atoms with Crippen molar-refractivity contribution in [1.29, 1.82) is 0 Å². The summed E-state index contributed by atoms with van der Waals surface area (Å²) in [5.41, 5.74) is 1.24. The number of fused-ring (bicyclic) bond motifs is 2. The number of hydrogen-bond donors (Lipinski definition) is 0. The van der Waals surface area contributed by atoms with E-state index in [9.17, 15) is 4.79 Å². The first kappa shape index (κ1) is 85.5. The molecule has 0 saturated carbocycles. The van der Waals surface area contributed by atoms with Gasteiger partial charge in [-0.25, -0.2) is 13.2 Å². The largest absolute Gasteiger partial charge is 0.455 e. The number of carbonyl (C=O) groups is 2. The van der Waals surface area contributed by atoms with Gasteiger partial charge < -0.3 is 46.1 Å². The number of allylic oxidation sites excluding steroid dienone is 1. The summed E-state index contributed by atoms with van der Waals surface area (Å²) in [7, 11) is -14.5. The third-order valence-corrected chi connectivity index (χ3v) is 46.9.